The van der Waals surface area contributed by atoms with Crippen molar-refractivity contribution < 1.29 is 4.79 Å². The highest BCUT2D eigenvalue weighted by Gasteiger charge is 2.10. The zero-order valence-corrected chi connectivity index (χ0v) is 11.4. The summed E-state index contributed by atoms with van der Waals surface area (Å²) >= 11 is 11.9. The molecule has 18 heavy (non-hydrogen) atoms. The van der Waals surface area contributed by atoms with Crippen molar-refractivity contribution in [1.29, 1.82) is 0 Å². The van der Waals surface area contributed by atoms with Crippen LogP contribution in [0.5, 0.6) is 0 Å². The van der Waals surface area contributed by atoms with Crippen LogP contribution < -0.4 is 5.32 Å². The molecule has 1 amide bonds. The van der Waals surface area contributed by atoms with Gasteiger partial charge in [-0.05, 0) is 24.3 Å². The zero-order chi connectivity index (χ0) is 12.3. The molecule has 0 aliphatic rings. The minimum atomic E-state index is -0.298. The Balaban J connectivity index is 0.00000162. The van der Waals surface area contributed by atoms with Crippen LogP contribution in [0, 0.1) is 0 Å². The number of halogens is 3. The summed E-state index contributed by atoms with van der Waals surface area (Å²) < 4.78 is 0. The number of nitrogens with zero attached hydrogens (tertiary/aromatic N) is 1. The summed E-state index contributed by atoms with van der Waals surface area (Å²) in [6.07, 6.45) is 3.07. The van der Waals surface area contributed by atoms with Gasteiger partial charge in [0.25, 0.3) is 5.91 Å². The van der Waals surface area contributed by atoms with Gasteiger partial charge in [-0.25, -0.2) is 0 Å². The number of amides is 1. The van der Waals surface area contributed by atoms with Gasteiger partial charge in [0.1, 0.15) is 0 Å². The molecule has 1 aromatic carbocycles. The summed E-state index contributed by atoms with van der Waals surface area (Å²) in [7, 11) is 0. The highest BCUT2D eigenvalue weighted by Crippen LogP contribution is 2.30. The van der Waals surface area contributed by atoms with Crippen molar-refractivity contribution >= 4 is 47.2 Å². The lowest BCUT2D eigenvalue weighted by Crippen LogP contribution is -2.12. The number of carbonyl (C=O) groups is 1. The fourth-order valence-electron chi connectivity index (χ4n) is 1.30. The lowest BCUT2D eigenvalue weighted by Gasteiger charge is -2.08. The maximum absolute atomic E-state index is 11.9. The topological polar surface area (TPSA) is 42.0 Å². The molecule has 1 heterocycles. The van der Waals surface area contributed by atoms with Gasteiger partial charge in [0.2, 0.25) is 0 Å². The predicted octanol–water partition coefficient (Wildman–Crippen LogP) is 4.06. The Labute approximate surface area is 121 Å². The Morgan fingerprint density at radius 3 is 2.33 bits per heavy atom. The minimum Gasteiger partial charge on any atom is -0.319 e. The molecule has 0 atom stereocenters. The highest BCUT2D eigenvalue weighted by atomic mass is 35.5. The van der Waals surface area contributed by atoms with E-state index in [1.54, 1.807) is 36.5 Å². The standard InChI is InChI=1S/C12H8Cl2N2O.ClH/c13-9-4-1-5-10(14)11(9)16-12(17)8-3-2-6-15-7-8;/h1-7H,(H,16,17);1H. The van der Waals surface area contributed by atoms with Gasteiger partial charge in [-0.15, -0.1) is 12.4 Å². The van der Waals surface area contributed by atoms with Crippen LogP contribution in [0.4, 0.5) is 5.69 Å². The smallest absolute Gasteiger partial charge is 0.257 e. The number of benzene rings is 1. The van der Waals surface area contributed by atoms with Gasteiger partial charge in [0.15, 0.2) is 0 Å². The molecular weight excluding hydrogens is 295 g/mol. The number of para-hydroxylation sites is 1. The molecule has 6 heteroatoms. The van der Waals surface area contributed by atoms with E-state index in [4.69, 9.17) is 23.2 Å². The van der Waals surface area contributed by atoms with E-state index >= 15 is 0 Å². The van der Waals surface area contributed by atoms with Gasteiger partial charge >= 0.3 is 0 Å². The number of nitrogens with one attached hydrogen (secondary N) is 1. The Hall–Kier alpha value is -1.29. The average molecular weight is 304 g/mol. The summed E-state index contributed by atoms with van der Waals surface area (Å²) in [5, 5.41) is 3.45. The van der Waals surface area contributed by atoms with E-state index in [9.17, 15) is 4.79 Å². The molecule has 3 nitrogen and oxygen atoms in total. The molecule has 2 aromatic rings. The van der Waals surface area contributed by atoms with Crippen LogP contribution in [0.15, 0.2) is 42.7 Å². The molecule has 0 saturated heterocycles. The van der Waals surface area contributed by atoms with Gasteiger partial charge in [0.05, 0.1) is 21.3 Å². The summed E-state index contributed by atoms with van der Waals surface area (Å²) in [5.74, 6) is -0.298. The van der Waals surface area contributed by atoms with E-state index in [2.05, 4.69) is 10.3 Å². The Bertz CT molecular complexity index is 526. The van der Waals surface area contributed by atoms with Crippen LogP contribution in [0.1, 0.15) is 10.4 Å². The van der Waals surface area contributed by atoms with Gasteiger partial charge in [-0.2, -0.15) is 0 Å². The molecule has 94 valence electrons. The number of pyridine rings is 1. The first-order valence-electron chi connectivity index (χ1n) is 4.84. The molecule has 0 bridgehead atoms. The van der Waals surface area contributed by atoms with E-state index in [0.29, 0.717) is 21.3 Å². The number of anilines is 1. The number of hydrogen-bond donors (Lipinski definition) is 1. The van der Waals surface area contributed by atoms with E-state index in [-0.39, 0.29) is 18.3 Å². The number of carbonyl (C=O) groups excluding carboxylic acids is 1. The van der Waals surface area contributed by atoms with Crippen molar-refractivity contribution in [2.75, 3.05) is 5.32 Å². The van der Waals surface area contributed by atoms with Crippen LogP contribution in [0.2, 0.25) is 10.0 Å². The first-order valence-corrected chi connectivity index (χ1v) is 5.59. The molecule has 0 unspecified atom stereocenters. The molecule has 0 saturated carbocycles. The molecule has 1 N–H and O–H groups in total. The summed E-state index contributed by atoms with van der Waals surface area (Å²) in [6.45, 7) is 0. The largest absolute Gasteiger partial charge is 0.319 e. The molecule has 0 radical (unpaired) electrons. The van der Waals surface area contributed by atoms with E-state index < -0.39 is 0 Å². The van der Waals surface area contributed by atoms with E-state index in [1.165, 1.54) is 6.20 Å². The third-order valence-electron chi connectivity index (χ3n) is 2.13. The minimum absolute atomic E-state index is 0. The zero-order valence-electron chi connectivity index (χ0n) is 9.06. The number of rotatable bonds is 2. The number of aromatic nitrogens is 1. The fourth-order valence-corrected chi connectivity index (χ4v) is 1.79. The predicted molar refractivity (Wildman–Crippen MR) is 75.9 cm³/mol. The monoisotopic (exact) mass is 302 g/mol. The quantitative estimate of drug-likeness (QED) is 0.909. The normalized spacial score (nSPS) is 9.44. The van der Waals surface area contributed by atoms with Gasteiger partial charge < -0.3 is 5.32 Å². The summed E-state index contributed by atoms with van der Waals surface area (Å²) in [6, 6.07) is 8.37. The fraction of sp³-hybridized carbons (Fsp3) is 0. The summed E-state index contributed by atoms with van der Waals surface area (Å²) in [4.78, 5) is 15.7. The number of hydrogen-bond acceptors (Lipinski definition) is 2. The van der Waals surface area contributed by atoms with Crippen molar-refractivity contribution in [3.8, 4) is 0 Å². The first kappa shape index (κ1) is 14.8. The molecular formula is C12H9Cl3N2O. The molecule has 0 aliphatic heterocycles. The van der Waals surface area contributed by atoms with Crippen molar-refractivity contribution in [2.24, 2.45) is 0 Å². The third kappa shape index (κ3) is 3.35. The highest BCUT2D eigenvalue weighted by molar-refractivity contribution is 6.40. The van der Waals surface area contributed by atoms with Gasteiger partial charge in [-0.3, -0.25) is 9.78 Å². The van der Waals surface area contributed by atoms with Crippen LogP contribution in [-0.4, -0.2) is 10.9 Å². The van der Waals surface area contributed by atoms with Crippen LogP contribution in [-0.2, 0) is 0 Å². The maximum Gasteiger partial charge on any atom is 0.257 e. The van der Waals surface area contributed by atoms with Crippen molar-refractivity contribution in [2.45, 2.75) is 0 Å². The Morgan fingerprint density at radius 1 is 1.11 bits per heavy atom. The lowest BCUT2D eigenvalue weighted by atomic mass is 10.2. The second-order valence-electron chi connectivity index (χ2n) is 3.29. The Kier molecular flexibility index (Phi) is 5.41. The second kappa shape index (κ2) is 6.59. The maximum atomic E-state index is 11.9. The molecule has 0 aliphatic carbocycles. The Morgan fingerprint density at radius 2 is 1.78 bits per heavy atom. The van der Waals surface area contributed by atoms with E-state index in [1.807, 2.05) is 0 Å². The van der Waals surface area contributed by atoms with Crippen LogP contribution in [0.3, 0.4) is 0 Å². The second-order valence-corrected chi connectivity index (χ2v) is 4.11. The van der Waals surface area contributed by atoms with Crippen molar-refractivity contribution in [3.63, 3.8) is 0 Å². The SMILES string of the molecule is Cl.O=C(Nc1c(Cl)cccc1Cl)c1cccnc1. The van der Waals surface area contributed by atoms with E-state index in [0.717, 1.165) is 0 Å². The molecule has 1 aromatic heterocycles. The third-order valence-corrected chi connectivity index (χ3v) is 2.75. The molecule has 2 rings (SSSR count). The molecule has 0 fully saturated rings. The summed E-state index contributed by atoms with van der Waals surface area (Å²) in [5.41, 5.74) is 0.855. The first-order chi connectivity index (χ1) is 8.18. The van der Waals surface area contributed by atoms with Crippen LogP contribution in [0.25, 0.3) is 0 Å². The van der Waals surface area contributed by atoms with Crippen molar-refractivity contribution in [1.82, 2.24) is 4.98 Å². The average Bonchev–Trinajstić information content (AvgIpc) is 2.35. The van der Waals surface area contributed by atoms with Crippen molar-refractivity contribution in [3.05, 3.63) is 58.3 Å². The molecule has 0 spiro atoms. The van der Waals surface area contributed by atoms with Gasteiger partial charge in [-0.1, -0.05) is 29.3 Å². The van der Waals surface area contributed by atoms with Crippen LogP contribution >= 0.6 is 35.6 Å². The lowest BCUT2D eigenvalue weighted by molar-refractivity contribution is 0.102. The van der Waals surface area contributed by atoms with Gasteiger partial charge in [0, 0.05) is 12.4 Å².